The molecule has 0 aromatic carbocycles. The van der Waals surface area contributed by atoms with E-state index >= 15 is 0 Å². The topological polar surface area (TPSA) is 34.1 Å². The van der Waals surface area contributed by atoms with E-state index in [1.54, 1.807) is 11.3 Å². The minimum absolute atomic E-state index is 0.325. The summed E-state index contributed by atoms with van der Waals surface area (Å²) in [6, 6.07) is 0.325. The van der Waals surface area contributed by atoms with Crippen LogP contribution in [-0.4, -0.2) is 24.7 Å². The van der Waals surface area contributed by atoms with E-state index < -0.39 is 0 Å². The maximum Gasteiger partial charge on any atom is 0.0795 e. The molecule has 15 heavy (non-hydrogen) atoms. The van der Waals surface area contributed by atoms with Crippen molar-refractivity contribution >= 4 is 11.3 Å². The molecule has 0 aliphatic heterocycles. The van der Waals surface area contributed by atoms with Gasteiger partial charge < -0.3 is 10.1 Å². The van der Waals surface area contributed by atoms with Gasteiger partial charge in [-0.15, -0.1) is 11.3 Å². The second-order valence-corrected chi connectivity index (χ2v) is 4.27. The second kappa shape index (κ2) is 7.79. The molecule has 0 fully saturated rings. The van der Waals surface area contributed by atoms with Crippen LogP contribution in [0.25, 0.3) is 0 Å². The number of hydrogen-bond donors (Lipinski definition) is 1. The average Bonchev–Trinajstić information content (AvgIpc) is 2.76. The summed E-state index contributed by atoms with van der Waals surface area (Å²) in [7, 11) is 0. The first-order chi connectivity index (χ1) is 7.34. The minimum atomic E-state index is 0.325. The first kappa shape index (κ1) is 12.6. The molecule has 0 amide bonds. The molecule has 0 spiro atoms. The van der Waals surface area contributed by atoms with Crippen molar-refractivity contribution in [1.82, 2.24) is 10.3 Å². The SMILES string of the molecule is CCCCOCCNC(C)c1cscn1. The Kier molecular flexibility index (Phi) is 6.55. The normalized spacial score (nSPS) is 12.9. The zero-order valence-electron chi connectivity index (χ0n) is 9.53. The monoisotopic (exact) mass is 228 g/mol. The van der Waals surface area contributed by atoms with Crippen molar-refractivity contribution in [3.63, 3.8) is 0 Å². The Hall–Kier alpha value is -0.450. The molecule has 1 aromatic heterocycles. The van der Waals surface area contributed by atoms with E-state index in [-0.39, 0.29) is 0 Å². The molecule has 86 valence electrons. The highest BCUT2D eigenvalue weighted by Crippen LogP contribution is 2.10. The molecule has 1 rings (SSSR count). The van der Waals surface area contributed by atoms with Gasteiger partial charge in [-0.25, -0.2) is 4.98 Å². The first-order valence-electron chi connectivity index (χ1n) is 5.53. The fourth-order valence-corrected chi connectivity index (χ4v) is 1.88. The molecule has 0 bridgehead atoms. The molecule has 0 saturated heterocycles. The van der Waals surface area contributed by atoms with Gasteiger partial charge in [-0.2, -0.15) is 0 Å². The molecule has 4 heteroatoms. The van der Waals surface area contributed by atoms with Crippen molar-refractivity contribution in [3.8, 4) is 0 Å². The van der Waals surface area contributed by atoms with E-state index in [2.05, 4.69) is 29.5 Å². The highest BCUT2D eigenvalue weighted by Gasteiger charge is 2.05. The van der Waals surface area contributed by atoms with Crippen LogP contribution in [-0.2, 0) is 4.74 Å². The third-order valence-corrected chi connectivity index (χ3v) is 2.84. The summed E-state index contributed by atoms with van der Waals surface area (Å²) in [5.41, 5.74) is 2.99. The number of rotatable bonds is 8. The molecular weight excluding hydrogens is 208 g/mol. The van der Waals surface area contributed by atoms with Crippen LogP contribution in [0.15, 0.2) is 10.9 Å². The lowest BCUT2D eigenvalue weighted by molar-refractivity contribution is 0.131. The van der Waals surface area contributed by atoms with Crippen LogP contribution in [0, 0.1) is 0 Å². The lowest BCUT2D eigenvalue weighted by atomic mass is 10.2. The summed E-state index contributed by atoms with van der Waals surface area (Å²) in [5, 5.41) is 5.46. The Bertz CT molecular complexity index is 239. The van der Waals surface area contributed by atoms with E-state index in [1.165, 1.54) is 6.42 Å². The van der Waals surface area contributed by atoms with Crippen molar-refractivity contribution in [3.05, 3.63) is 16.6 Å². The van der Waals surface area contributed by atoms with Gasteiger partial charge in [0, 0.05) is 24.6 Å². The van der Waals surface area contributed by atoms with Crippen LogP contribution in [0.1, 0.15) is 38.4 Å². The highest BCUT2D eigenvalue weighted by molar-refractivity contribution is 7.07. The molecule has 0 saturated carbocycles. The van der Waals surface area contributed by atoms with Gasteiger partial charge in [0.15, 0.2) is 0 Å². The zero-order valence-corrected chi connectivity index (χ0v) is 10.3. The maximum absolute atomic E-state index is 5.46. The van der Waals surface area contributed by atoms with Gasteiger partial charge in [0.05, 0.1) is 17.8 Å². The Morgan fingerprint density at radius 3 is 3.07 bits per heavy atom. The number of hydrogen-bond acceptors (Lipinski definition) is 4. The number of unbranched alkanes of at least 4 members (excludes halogenated alkanes) is 1. The Morgan fingerprint density at radius 2 is 2.40 bits per heavy atom. The van der Waals surface area contributed by atoms with Gasteiger partial charge >= 0.3 is 0 Å². The van der Waals surface area contributed by atoms with E-state index in [4.69, 9.17) is 4.74 Å². The summed E-state index contributed by atoms with van der Waals surface area (Å²) in [6.07, 6.45) is 2.35. The van der Waals surface area contributed by atoms with Crippen molar-refractivity contribution in [2.24, 2.45) is 0 Å². The standard InChI is InChI=1S/C11H20N2OS/c1-3-4-6-14-7-5-12-10(2)11-8-15-9-13-11/h8-10,12H,3-7H2,1-2H3. The second-order valence-electron chi connectivity index (χ2n) is 3.56. The third kappa shape index (κ3) is 5.25. The largest absolute Gasteiger partial charge is 0.380 e. The molecule has 0 aliphatic carbocycles. The predicted molar refractivity (Wildman–Crippen MR) is 64.3 cm³/mol. The first-order valence-corrected chi connectivity index (χ1v) is 6.48. The number of nitrogens with one attached hydrogen (secondary N) is 1. The summed E-state index contributed by atoms with van der Waals surface area (Å²) in [6.45, 7) is 6.85. The van der Waals surface area contributed by atoms with E-state index in [9.17, 15) is 0 Å². The van der Waals surface area contributed by atoms with Gasteiger partial charge in [-0.3, -0.25) is 0 Å². The lowest BCUT2D eigenvalue weighted by Gasteiger charge is -2.11. The molecule has 0 aliphatic rings. The number of thiazole rings is 1. The van der Waals surface area contributed by atoms with E-state index in [1.807, 2.05) is 5.51 Å². The third-order valence-electron chi connectivity index (χ3n) is 2.23. The van der Waals surface area contributed by atoms with Gasteiger partial charge in [-0.05, 0) is 13.3 Å². The summed E-state index contributed by atoms with van der Waals surface area (Å²) >= 11 is 1.64. The molecule has 1 aromatic rings. The van der Waals surface area contributed by atoms with Gasteiger partial charge in [0.2, 0.25) is 0 Å². The minimum Gasteiger partial charge on any atom is -0.380 e. The molecule has 1 atom stereocenters. The lowest BCUT2D eigenvalue weighted by Crippen LogP contribution is -2.23. The summed E-state index contributed by atoms with van der Waals surface area (Å²) in [4.78, 5) is 4.26. The molecule has 1 unspecified atom stereocenters. The Labute approximate surface area is 95.9 Å². The quantitative estimate of drug-likeness (QED) is 0.694. The Balaban J connectivity index is 2.00. The molecule has 1 N–H and O–H groups in total. The van der Waals surface area contributed by atoms with Crippen LogP contribution in [0.3, 0.4) is 0 Å². The number of ether oxygens (including phenoxy) is 1. The summed E-state index contributed by atoms with van der Waals surface area (Å²) < 4.78 is 5.46. The predicted octanol–water partition coefficient (Wildman–Crippen LogP) is 2.61. The van der Waals surface area contributed by atoms with E-state index in [0.717, 1.165) is 31.9 Å². The molecule has 0 radical (unpaired) electrons. The van der Waals surface area contributed by atoms with Crippen LogP contribution in [0.2, 0.25) is 0 Å². The molecular formula is C11H20N2OS. The van der Waals surface area contributed by atoms with Crippen molar-refractivity contribution in [2.75, 3.05) is 19.8 Å². The molecule has 1 heterocycles. The number of nitrogens with zero attached hydrogens (tertiary/aromatic N) is 1. The zero-order chi connectivity index (χ0) is 10.9. The van der Waals surface area contributed by atoms with E-state index in [0.29, 0.717) is 6.04 Å². The van der Waals surface area contributed by atoms with Crippen LogP contribution >= 0.6 is 11.3 Å². The fraction of sp³-hybridized carbons (Fsp3) is 0.727. The van der Waals surface area contributed by atoms with Gasteiger partial charge in [-0.1, -0.05) is 13.3 Å². The van der Waals surface area contributed by atoms with Crippen LogP contribution in [0.4, 0.5) is 0 Å². The van der Waals surface area contributed by atoms with Crippen molar-refractivity contribution in [1.29, 1.82) is 0 Å². The van der Waals surface area contributed by atoms with Crippen molar-refractivity contribution in [2.45, 2.75) is 32.7 Å². The highest BCUT2D eigenvalue weighted by atomic mass is 32.1. The molecule has 3 nitrogen and oxygen atoms in total. The average molecular weight is 228 g/mol. The smallest absolute Gasteiger partial charge is 0.0795 e. The van der Waals surface area contributed by atoms with Crippen molar-refractivity contribution < 1.29 is 4.74 Å². The fourth-order valence-electron chi connectivity index (χ4n) is 1.24. The van der Waals surface area contributed by atoms with Crippen LogP contribution < -0.4 is 5.32 Å². The Morgan fingerprint density at radius 1 is 1.53 bits per heavy atom. The van der Waals surface area contributed by atoms with Gasteiger partial charge in [0.1, 0.15) is 0 Å². The number of aromatic nitrogens is 1. The summed E-state index contributed by atoms with van der Waals surface area (Å²) in [5.74, 6) is 0. The van der Waals surface area contributed by atoms with Gasteiger partial charge in [0.25, 0.3) is 0 Å². The maximum atomic E-state index is 5.46. The van der Waals surface area contributed by atoms with Crippen LogP contribution in [0.5, 0.6) is 0 Å².